The van der Waals surface area contributed by atoms with Gasteiger partial charge in [-0.2, -0.15) is 0 Å². The van der Waals surface area contributed by atoms with E-state index in [1.54, 1.807) is 12.3 Å². The monoisotopic (exact) mass is 234 g/mol. The third kappa shape index (κ3) is 2.91. The fourth-order valence-corrected chi connectivity index (χ4v) is 1.72. The smallest absolute Gasteiger partial charge is 0.141 e. The van der Waals surface area contributed by atoms with Crippen molar-refractivity contribution < 1.29 is 8.81 Å². The highest BCUT2D eigenvalue weighted by Crippen LogP contribution is 2.18. The molecule has 0 bridgehead atoms. The van der Waals surface area contributed by atoms with Gasteiger partial charge < -0.3 is 4.42 Å². The summed E-state index contributed by atoms with van der Waals surface area (Å²) in [5.74, 6) is 0.555. The van der Waals surface area contributed by atoms with Gasteiger partial charge in [-0.15, -0.1) is 0 Å². The molecule has 1 N–H and O–H groups in total. The highest BCUT2D eigenvalue weighted by Gasteiger charge is 2.13. The van der Waals surface area contributed by atoms with E-state index in [0.29, 0.717) is 0 Å². The number of pyridine rings is 1. The molecule has 17 heavy (non-hydrogen) atoms. The largest absolute Gasteiger partial charge is 0.468 e. The van der Waals surface area contributed by atoms with E-state index in [9.17, 15) is 4.39 Å². The van der Waals surface area contributed by atoms with Crippen molar-refractivity contribution in [3.05, 3.63) is 54.0 Å². The SMILES string of the molecule is CC(N[C@@H](C)c1ccco1)c1ccc(F)cn1. The van der Waals surface area contributed by atoms with Crippen molar-refractivity contribution in [2.24, 2.45) is 0 Å². The third-order valence-corrected chi connectivity index (χ3v) is 2.66. The van der Waals surface area contributed by atoms with Crippen molar-refractivity contribution in [3.8, 4) is 0 Å². The highest BCUT2D eigenvalue weighted by molar-refractivity contribution is 5.11. The van der Waals surface area contributed by atoms with Crippen LogP contribution in [0.3, 0.4) is 0 Å². The average Bonchev–Trinajstić information content (AvgIpc) is 2.83. The first-order valence-electron chi connectivity index (χ1n) is 5.57. The molecular weight excluding hydrogens is 219 g/mol. The number of nitrogens with one attached hydrogen (secondary N) is 1. The fraction of sp³-hybridized carbons (Fsp3) is 0.308. The minimum absolute atomic E-state index is 0.0377. The number of furan rings is 1. The Labute approximate surface area is 99.7 Å². The minimum Gasteiger partial charge on any atom is -0.468 e. The molecule has 0 aliphatic rings. The zero-order valence-corrected chi connectivity index (χ0v) is 9.85. The van der Waals surface area contributed by atoms with Gasteiger partial charge in [0.2, 0.25) is 0 Å². The van der Waals surface area contributed by atoms with Gasteiger partial charge in [0, 0.05) is 6.04 Å². The Kier molecular flexibility index (Phi) is 3.54. The molecule has 0 spiro atoms. The average molecular weight is 234 g/mol. The van der Waals surface area contributed by atoms with E-state index < -0.39 is 0 Å². The summed E-state index contributed by atoms with van der Waals surface area (Å²) in [6.07, 6.45) is 2.87. The van der Waals surface area contributed by atoms with Gasteiger partial charge in [0.05, 0.1) is 24.2 Å². The number of halogens is 1. The van der Waals surface area contributed by atoms with Crippen molar-refractivity contribution in [2.75, 3.05) is 0 Å². The predicted molar refractivity (Wildman–Crippen MR) is 62.9 cm³/mol. The van der Waals surface area contributed by atoms with Crippen molar-refractivity contribution >= 4 is 0 Å². The molecule has 0 saturated carbocycles. The van der Waals surface area contributed by atoms with Gasteiger partial charge >= 0.3 is 0 Å². The summed E-state index contributed by atoms with van der Waals surface area (Å²) in [4.78, 5) is 4.04. The van der Waals surface area contributed by atoms with Gasteiger partial charge in [0.15, 0.2) is 0 Å². The molecule has 0 amide bonds. The number of rotatable bonds is 4. The maximum absolute atomic E-state index is 12.7. The Morgan fingerprint density at radius 2 is 2.06 bits per heavy atom. The number of nitrogens with zero attached hydrogens (tertiary/aromatic N) is 1. The fourth-order valence-electron chi connectivity index (χ4n) is 1.72. The second-order valence-electron chi connectivity index (χ2n) is 4.03. The Bertz CT molecular complexity index is 453. The van der Waals surface area contributed by atoms with Gasteiger partial charge in [-0.05, 0) is 38.1 Å². The molecule has 0 saturated heterocycles. The summed E-state index contributed by atoms with van der Waals surface area (Å²) in [7, 11) is 0. The summed E-state index contributed by atoms with van der Waals surface area (Å²) in [6, 6.07) is 7.00. The molecule has 90 valence electrons. The second-order valence-corrected chi connectivity index (χ2v) is 4.03. The molecule has 0 aromatic carbocycles. The normalized spacial score (nSPS) is 14.5. The Hall–Kier alpha value is -1.68. The molecule has 4 heteroatoms. The molecule has 3 nitrogen and oxygen atoms in total. The summed E-state index contributed by atoms with van der Waals surface area (Å²) < 4.78 is 18.0. The quantitative estimate of drug-likeness (QED) is 0.882. The zero-order chi connectivity index (χ0) is 12.3. The third-order valence-electron chi connectivity index (χ3n) is 2.66. The van der Waals surface area contributed by atoms with E-state index in [2.05, 4.69) is 10.3 Å². The lowest BCUT2D eigenvalue weighted by Crippen LogP contribution is -2.22. The molecular formula is C13H15FN2O. The van der Waals surface area contributed by atoms with Crippen LogP contribution >= 0.6 is 0 Å². The Morgan fingerprint density at radius 3 is 2.65 bits per heavy atom. The van der Waals surface area contributed by atoms with Crippen LogP contribution in [-0.2, 0) is 0 Å². The van der Waals surface area contributed by atoms with Crippen molar-refractivity contribution in [3.63, 3.8) is 0 Å². The van der Waals surface area contributed by atoms with Gasteiger partial charge in [0.1, 0.15) is 11.6 Å². The van der Waals surface area contributed by atoms with Crippen LogP contribution in [0, 0.1) is 5.82 Å². The van der Waals surface area contributed by atoms with Crippen molar-refractivity contribution in [1.29, 1.82) is 0 Å². The molecule has 0 aliphatic carbocycles. The van der Waals surface area contributed by atoms with Gasteiger partial charge in [-0.3, -0.25) is 10.3 Å². The number of hydrogen-bond donors (Lipinski definition) is 1. The second kappa shape index (κ2) is 5.10. The first-order chi connectivity index (χ1) is 8.16. The van der Waals surface area contributed by atoms with Crippen LogP contribution in [0.15, 0.2) is 41.1 Å². The molecule has 2 heterocycles. The topological polar surface area (TPSA) is 38.1 Å². The minimum atomic E-state index is -0.319. The van der Waals surface area contributed by atoms with Crippen LogP contribution in [0.25, 0.3) is 0 Å². The first kappa shape index (κ1) is 11.8. The van der Waals surface area contributed by atoms with Crippen molar-refractivity contribution in [1.82, 2.24) is 10.3 Å². The molecule has 0 fully saturated rings. The van der Waals surface area contributed by atoms with E-state index in [0.717, 1.165) is 11.5 Å². The van der Waals surface area contributed by atoms with Crippen LogP contribution in [0.2, 0.25) is 0 Å². The maximum Gasteiger partial charge on any atom is 0.141 e. The van der Waals surface area contributed by atoms with Crippen molar-refractivity contribution in [2.45, 2.75) is 25.9 Å². The lowest BCUT2D eigenvalue weighted by Gasteiger charge is -2.17. The van der Waals surface area contributed by atoms with Crippen LogP contribution in [0.1, 0.15) is 37.4 Å². The summed E-state index contributed by atoms with van der Waals surface area (Å²) in [6.45, 7) is 4.00. The van der Waals surface area contributed by atoms with Gasteiger partial charge in [0.25, 0.3) is 0 Å². The van der Waals surface area contributed by atoms with E-state index in [-0.39, 0.29) is 17.9 Å². The Balaban J connectivity index is 2.01. The highest BCUT2D eigenvalue weighted by atomic mass is 19.1. The van der Waals surface area contributed by atoms with E-state index in [1.165, 1.54) is 12.3 Å². The molecule has 2 rings (SSSR count). The molecule has 2 aromatic heterocycles. The standard InChI is InChI=1S/C13H15FN2O/c1-9(12-6-5-11(14)8-15-12)16-10(2)13-4-3-7-17-13/h3-10,16H,1-2H3/t9?,10-/m0/s1. The van der Waals surface area contributed by atoms with Crippen LogP contribution in [0.5, 0.6) is 0 Å². The lowest BCUT2D eigenvalue weighted by atomic mass is 10.1. The van der Waals surface area contributed by atoms with Crippen LogP contribution < -0.4 is 5.32 Å². The summed E-state index contributed by atoms with van der Waals surface area (Å²) in [5.41, 5.74) is 0.810. The molecule has 1 unspecified atom stereocenters. The Morgan fingerprint density at radius 1 is 1.24 bits per heavy atom. The van der Waals surface area contributed by atoms with E-state index in [1.807, 2.05) is 26.0 Å². The summed E-state index contributed by atoms with van der Waals surface area (Å²) >= 11 is 0. The lowest BCUT2D eigenvalue weighted by molar-refractivity contribution is 0.399. The molecule has 2 atom stereocenters. The van der Waals surface area contributed by atoms with Gasteiger partial charge in [-0.1, -0.05) is 0 Å². The van der Waals surface area contributed by atoms with Crippen LogP contribution in [-0.4, -0.2) is 4.98 Å². The summed E-state index contributed by atoms with van der Waals surface area (Å²) in [5, 5.41) is 3.34. The molecule has 0 aliphatic heterocycles. The number of hydrogen-bond acceptors (Lipinski definition) is 3. The predicted octanol–water partition coefficient (Wildman–Crippen LogP) is 3.23. The van der Waals surface area contributed by atoms with Crippen LogP contribution in [0.4, 0.5) is 4.39 Å². The first-order valence-corrected chi connectivity index (χ1v) is 5.57. The zero-order valence-electron chi connectivity index (χ0n) is 9.85. The van der Waals surface area contributed by atoms with E-state index >= 15 is 0 Å². The van der Waals surface area contributed by atoms with E-state index in [4.69, 9.17) is 4.42 Å². The molecule has 2 aromatic rings. The molecule has 0 radical (unpaired) electrons. The number of aromatic nitrogens is 1. The maximum atomic E-state index is 12.7. The van der Waals surface area contributed by atoms with Gasteiger partial charge in [-0.25, -0.2) is 4.39 Å².